The van der Waals surface area contributed by atoms with Crippen molar-refractivity contribution in [2.45, 2.75) is 38.9 Å². The summed E-state index contributed by atoms with van der Waals surface area (Å²) in [6.45, 7) is 3.26. The molecule has 1 aliphatic rings. The molecule has 8 heteroatoms. The summed E-state index contributed by atoms with van der Waals surface area (Å²) in [7, 11) is 0. The normalized spacial score (nSPS) is 17.6. The van der Waals surface area contributed by atoms with Gasteiger partial charge in [-0.05, 0) is 25.5 Å². The largest absolute Gasteiger partial charge is 0.459 e. The van der Waals surface area contributed by atoms with Crippen LogP contribution in [0.15, 0.2) is 27.2 Å². The van der Waals surface area contributed by atoms with Crippen LogP contribution in [-0.2, 0) is 19.5 Å². The lowest BCUT2D eigenvalue weighted by atomic mass is 10.1. The van der Waals surface area contributed by atoms with E-state index in [1.165, 1.54) is 0 Å². The van der Waals surface area contributed by atoms with Crippen LogP contribution in [0, 0.1) is 6.92 Å². The zero-order valence-corrected chi connectivity index (χ0v) is 12.2. The minimum Gasteiger partial charge on any atom is -0.459 e. The second kappa shape index (κ2) is 5.38. The Labute approximate surface area is 126 Å². The van der Waals surface area contributed by atoms with Gasteiger partial charge >= 0.3 is 0 Å². The van der Waals surface area contributed by atoms with Crippen LogP contribution in [0.1, 0.15) is 24.0 Å². The molecule has 0 radical (unpaired) electrons. The fourth-order valence-corrected chi connectivity index (χ4v) is 2.66. The summed E-state index contributed by atoms with van der Waals surface area (Å²) in [4.78, 5) is 4.41. The van der Waals surface area contributed by atoms with Crippen LogP contribution in [-0.4, -0.2) is 31.0 Å². The number of aryl methyl sites for hydroxylation is 2. The van der Waals surface area contributed by atoms with Crippen molar-refractivity contribution in [3.05, 3.63) is 35.9 Å². The summed E-state index contributed by atoms with van der Waals surface area (Å²) in [5.74, 6) is 3.43. The van der Waals surface area contributed by atoms with E-state index < -0.39 is 0 Å². The van der Waals surface area contributed by atoms with E-state index in [2.05, 4.69) is 25.6 Å². The Bertz CT molecular complexity index is 760. The molecular weight excluding hydrogens is 284 g/mol. The maximum Gasteiger partial charge on any atom is 0.283 e. The van der Waals surface area contributed by atoms with Crippen molar-refractivity contribution >= 4 is 0 Å². The summed E-state index contributed by atoms with van der Waals surface area (Å²) in [5.41, 5.74) is 0. The van der Waals surface area contributed by atoms with Gasteiger partial charge in [-0.1, -0.05) is 0 Å². The molecule has 1 atom stereocenters. The minimum absolute atomic E-state index is 0.326. The molecule has 3 aromatic rings. The Morgan fingerprint density at radius 3 is 3.23 bits per heavy atom. The number of hydrogen-bond acceptors (Lipinski definition) is 7. The minimum atomic E-state index is 0.326. The van der Waals surface area contributed by atoms with Gasteiger partial charge in [0.1, 0.15) is 11.6 Å². The highest BCUT2D eigenvalue weighted by atomic mass is 16.4. The van der Waals surface area contributed by atoms with Gasteiger partial charge in [-0.2, -0.15) is 5.10 Å². The molecule has 4 heterocycles. The Morgan fingerprint density at radius 2 is 2.36 bits per heavy atom. The molecule has 22 heavy (non-hydrogen) atoms. The van der Waals surface area contributed by atoms with Crippen LogP contribution >= 0.6 is 0 Å². The highest BCUT2D eigenvalue weighted by Gasteiger charge is 2.21. The van der Waals surface area contributed by atoms with Gasteiger partial charge in [-0.25, -0.2) is 9.67 Å². The van der Waals surface area contributed by atoms with Crippen molar-refractivity contribution in [1.29, 1.82) is 0 Å². The summed E-state index contributed by atoms with van der Waals surface area (Å²) < 4.78 is 12.8. The molecule has 0 bridgehead atoms. The SMILES string of the molecule is Cc1nc2n(n1)CC(NCc1nnc(-c3ccco3)o1)CC2. The van der Waals surface area contributed by atoms with E-state index in [0.717, 1.165) is 31.0 Å². The smallest absolute Gasteiger partial charge is 0.283 e. The van der Waals surface area contributed by atoms with Gasteiger partial charge in [0, 0.05) is 12.5 Å². The lowest BCUT2D eigenvalue weighted by molar-refractivity contribution is 0.341. The first-order valence-electron chi connectivity index (χ1n) is 7.28. The Hall–Kier alpha value is -2.48. The molecular formula is C14H16N6O2. The number of aromatic nitrogens is 5. The van der Waals surface area contributed by atoms with Gasteiger partial charge in [-0.3, -0.25) is 0 Å². The molecule has 0 amide bonds. The van der Waals surface area contributed by atoms with Gasteiger partial charge in [0.2, 0.25) is 5.89 Å². The van der Waals surface area contributed by atoms with Gasteiger partial charge in [-0.15, -0.1) is 10.2 Å². The molecule has 114 valence electrons. The predicted octanol–water partition coefficient (Wildman–Crippen LogP) is 1.33. The van der Waals surface area contributed by atoms with Crippen molar-refractivity contribution in [1.82, 2.24) is 30.3 Å². The van der Waals surface area contributed by atoms with Crippen LogP contribution in [0.4, 0.5) is 0 Å². The third kappa shape index (κ3) is 2.52. The highest BCUT2D eigenvalue weighted by Crippen LogP contribution is 2.18. The van der Waals surface area contributed by atoms with Crippen LogP contribution in [0.3, 0.4) is 0 Å². The molecule has 0 spiro atoms. The standard InChI is InChI=1S/C14H16N6O2/c1-9-16-12-5-4-10(8-20(12)19-9)15-7-13-17-18-14(22-13)11-3-2-6-21-11/h2-3,6,10,15H,4-5,7-8H2,1H3. The first-order valence-corrected chi connectivity index (χ1v) is 7.28. The van der Waals surface area contributed by atoms with E-state index in [-0.39, 0.29) is 0 Å². The molecule has 0 fully saturated rings. The van der Waals surface area contributed by atoms with E-state index in [1.807, 2.05) is 11.6 Å². The second-order valence-corrected chi connectivity index (χ2v) is 5.35. The van der Waals surface area contributed by atoms with Crippen molar-refractivity contribution in [2.24, 2.45) is 0 Å². The Morgan fingerprint density at radius 1 is 1.41 bits per heavy atom. The third-order valence-corrected chi connectivity index (χ3v) is 3.70. The molecule has 8 nitrogen and oxygen atoms in total. The zero-order valence-electron chi connectivity index (χ0n) is 12.2. The fraction of sp³-hybridized carbons (Fsp3) is 0.429. The predicted molar refractivity (Wildman–Crippen MR) is 75.7 cm³/mol. The maximum atomic E-state index is 5.58. The number of nitrogens with zero attached hydrogens (tertiary/aromatic N) is 5. The van der Waals surface area contributed by atoms with E-state index in [0.29, 0.717) is 30.1 Å². The average molecular weight is 300 g/mol. The molecule has 1 aliphatic heterocycles. The van der Waals surface area contributed by atoms with E-state index in [1.54, 1.807) is 18.4 Å². The molecule has 0 aromatic carbocycles. The highest BCUT2D eigenvalue weighted by molar-refractivity contribution is 5.42. The lowest BCUT2D eigenvalue weighted by Crippen LogP contribution is -2.37. The number of nitrogens with one attached hydrogen (secondary N) is 1. The number of rotatable bonds is 4. The Kier molecular flexibility index (Phi) is 3.23. The molecule has 1 unspecified atom stereocenters. The number of hydrogen-bond donors (Lipinski definition) is 1. The quantitative estimate of drug-likeness (QED) is 0.776. The van der Waals surface area contributed by atoms with Gasteiger partial charge in [0.25, 0.3) is 5.89 Å². The van der Waals surface area contributed by atoms with Crippen molar-refractivity contribution in [3.63, 3.8) is 0 Å². The topological polar surface area (TPSA) is 94.8 Å². The summed E-state index contributed by atoms with van der Waals surface area (Å²) >= 11 is 0. The van der Waals surface area contributed by atoms with E-state index in [9.17, 15) is 0 Å². The number of furan rings is 1. The fourth-order valence-electron chi connectivity index (χ4n) is 2.66. The van der Waals surface area contributed by atoms with Crippen molar-refractivity contribution in [3.8, 4) is 11.7 Å². The van der Waals surface area contributed by atoms with Gasteiger partial charge < -0.3 is 14.2 Å². The van der Waals surface area contributed by atoms with Gasteiger partial charge in [0.15, 0.2) is 5.76 Å². The van der Waals surface area contributed by atoms with Crippen LogP contribution < -0.4 is 5.32 Å². The van der Waals surface area contributed by atoms with E-state index in [4.69, 9.17) is 8.83 Å². The summed E-state index contributed by atoms with van der Waals surface area (Å²) in [6.07, 6.45) is 3.54. The molecule has 0 saturated carbocycles. The number of fused-ring (bicyclic) bond motifs is 1. The molecule has 0 saturated heterocycles. The van der Waals surface area contributed by atoms with Crippen molar-refractivity contribution in [2.75, 3.05) is 0 Å². The zero-order chi connectivity index (χ0) is 14.9. The van der Waals surface area contributed by atoms with E-state index >= 15 is 0 Å². The average Bonchev–Trinajstić information content (AvgIpc) is 3.23. The first kappa shape index (κ1) is 13.2. The molecule has 1 N–H and O–H groups in total. The third-order valence-electron chi connectivity index (χ3n) is 3.70. The van der Waals surface area contributed by atoms with Crippen molar-refractivity contribution < 1.29 is 8.83 Å². The van der Waals surface area contributed by atoms with Gasteiger partial charge in [0.05, 0.1) is 19.4 Å². The maximum absolute atomic E-state index is 5.58. The summed E-state index contributed by atoms with van der Waals surface area (Å²) in [6, 6.07) is 3.91. The molecule has 0 aliphatic carbocycles. The second-order valence-electron chi connectivity index (χ2n) is 5.35. The Balaban J connectivity index is 1.37. The molecule has 3 aromatic heterocycles. The van der Waals surface area contributed by atoms with Crippen LogP contribution in [0.25, 0.3) is 11.7 Å². The monoisotopic (exact) mass is 300 g/mol. The van der Waals surface area contributed by atoms with Crippen LogP contribution in [0.2, 0.25) is 0 Å². The first-order chi connectivity index (χ1) is 10.8. The lowest BCUT2D eigenvalue weighted by Gasteiger charge is -2.22. The summed E-state index contributed by atoms with van der Waals surface area (Å²) in [5, 5.41) is 15.8. The van der Waals surface area contributed by atoms with Crippen LogP contribution in [0.5, 0.6) is 0 Å². The molecule has 4 rings (SSSR count).